The Morgan fingerprint density at radius 1 is 1.00 bits per heavy atom. The van der Waals surface area contributed by atoms with Gasteiger partial charge in [0, 0.05) is 47.4 Å². The van der Waals surface area contributed by atoms with Gasteiger partial charge < -0.3 is 30.0 Å². The zero-order valence-corrected chi connectivity index (χ0v) is 22.4. The van der Waals surface area contributed by atoms with Gasteiger partial charge in [0.1, 0.15) is 0 Å². The number of thioether (sulfide) groups is 1. The number of rotatable bonds is 9. The Morgan fingerprint density at radius 2 is 1.69 bits per heavy atom. The molecule has 2 aromatic carbocycles. The lowest BCUT2D eigenvalue weighted by molar-refractivity contribution is -0.152. The number of aliphatic hydroxyl groups is 1. The van der Waals surface area contributed by atoms with E-state index in [-0.39, 0.29) is 0 Å². The van der Waals surface area contributed by atoms with Gasteiger partial charge in [-0.25, -0.2) is 4.79 Å². The van der Waals surface area contributed by atoms with Crippen LogP contribution >= 0.6 is 23.5 Å². The highest BCUT2D eigenvalue weighted by Gasteiger charge is 2.24. The maximum absolute atomic E-state index is 9.72. The highest BCUT2D eigenvalue weighted by Crippen LogP contribution is 2.49. The fraction of sp³-hybridized carbons (Fsp3) is 0.462. The number of nitrogens with zero attached hydrogens (tertiary/aromatic N) is 3. The van der Waals surface area contributed by atoms with E-state index in [4.69, 9.17) is 15.3 Å². The van der Waals surface area contributed by atoms with Crippen LogP contribution in [-0.2, 0) is 9.59 Å². The number of carbonyl (C=O) groups is 2. The second kappa shape index (κ2) is 13.9. The molecule has 2 aliphatic heterocycles. The molecule has 36 heavy (non-hydrogen) atoms. The standard InChI is InChI=1S/C22H29N3S2.C4H6O5/c1-3-26-18-9-10-22-20(17-18)25(19-7-4-5-8-21(19)27-22)12-6-11-24-15-13-23(2)14-16-24;5-2(4(8)9)1-3(6)7/h4-5,7-10,17H,3,6,11-16H2,1-2H3;2,5H,1H2,(H,6,7)(H,8,9). The molecule has 0 radical (unpaired) electrons. The van der Waals surface area contributed by atoms with Gasteiger partial charge in [-0.3, -0.25) is 4.79 Å². The molecule has 0 bridgehead atoms. The number of carboxylic acid groups (broad SMARTS) is 2. The highest BCUT2D eigenvalue weighted by molar-refractivity contribution is 8.00. The summed E-state index contributed by atoms with van der Waals surface area (Å²) >= 11 is 3.84. The van der Waals surface area contributed by atoms with Crippen molar-refractivity contribution >= 4 is 46.8 Å². The Kier molecular flexibility index (Phi) is 10.9. The number of para-hydroxylation sites is 1. The van der Waals surface area contributed by atoms with E-state index in [2.05, 4.69) is 71.1 Å². The summed E-state index contributed by atoms with van der Waals surface area (Å²) in [4.78, 5) is 31.1. The van der Waals surface area contributed by atoms with Crippen LogP contribution in [0.3, 0.4) is 0 Å². The van der Waals surface area contributed by atoms with Crippen molar-refractivity contribution in [3.05, 3.63) is 42.5 Å². The number of likely N-dealkylation sites (N-methyl/N-ethyl adjacent to an activating group) is 1. The molecule has 2 aromatic rings. The number of aliphatic hydroxyl groups excluding tert-OH is 1. The van der Waals surface area contributed by atoms with Crippen LogP contribution in [0.25, 0.3) is 0 Å². The number of aliphatic carboxylic acids is 2. The van der Waals surface area contributed by atoms with E-state index in [0.29, 0.717) is 0 Å². The van der Waals surface area contributed by atoms with Crippen LogP contribution in [0.1, 0.15) is 19.8 Å². The summed E-state index contributed by atoms with van der Waals surface area (Å²) in [6.07, 6.45) is -1.34. The maximum Gasteiger partial charge on any atom is 0.333 e. The minimum absolute atomic E-state index is 0.755. The largest absolute Gasteiger partial charge is 0.481 e. The van der Waals surface area contributed by atoms with Crippen molar-refractivity contribution in [1.82, 2.24) is 9.80 Å². The smallest absolute Gasteiger partial charge is 0.333 e. The molecule has 1 unspecified atom stereocenters. The van der Waals surface area contributed by atoms with Gasteiger partial charge >= 0.3 is 11.9 Å². The predicted molar refractivity (Wildman–Crippen MR) is 145 cm³/mol. The number of fused-ring (bicyclic) bond motifs is 2. The van der Waals surface area contributed by atoms with Crippen molar-refractivity contribution in [3.63, 3.8) is 0 Å². The van der Waals surface area contributed by atoms with Gasteiger partial charge in [0.25, 0.3) is 0 Å². The van der Waals surface area contributed by atoms with Gasteiger partial charge in [0.05, 0.1) is 17.8 Å². The third-order valence-electron chi connectivity index (χ3n) is 6.01. The molecule has 0 spiro atoms. The van der Waals surface area contributed by atoms with Crippen LogP contribution in [-0.4, -0.2) is 95.2 Å². The summed E-state index contributed by atoms with van der Waals surface area (Å²) in [6, 6.07) is 15.8. The van der Waals surface area contributed by atoms with E-state index in [1.165, 1.54) is 65.2 Å². The average Bonchev–Trinajstić information content (AvgIpc) is 2.85. The lowest BCUT2D eigenvalue weighted by Crippen LogP contribution is -2.45. The Morgan fingerprint density at radius 3 is 2.33 bits per heavy atom. The third-order valence-corrected chi connectivity index (χ3v) is 8.02. The Hall–Kier alpha value is -2.24. The molecular weight excluding hydrogens is 498 g/mol. The Balaban J connectivity index is 0.000000345. The summed E-state index contributed by atoms with van der Waals surface area (Å²) in [5.41, 5.74) is 2.75. The first-order chi connectivity index (χ1) is 17.3. The zero-order chi connectivity index (χ0) is 26.1. The fourth-order valence-electron chi connectivity index (χ4n) is 4.08. The van der Waals surface area contributed by atoms with E-state index >= 15 is 0 Å². The Labute approximate surface area is 221 Å². The quantitative estimate of drug-likeness (QED) is 0.411. The molecule has 0 saturated carbocycles. The first kappa shape index (κ1) is 28.3. The van der Waals surface area contributed by atoms with E-state index in [1.54, 1.807) is 0 Å². The van der Waals surface area contributed by atoms with Gasteiger partial charge in [-0.2, -0.15) is 0 Å². The van der Waals surface area contributed by atoms with Crippen LogP contribution in [0.2, 0.25) is 0 Å². The van der Waals surface area contributed by atoms with Crippen molar-refractivity contribution < 1.29 is 24.9 Å². The minimum Gasteiger partial charge on any atom is -0.481 e. The fourth-order valence-corrected chi connectivity index (χ4v) is 5.85. The molecule has 0 amide bonds. The third kappa shape index (κ3) is 8.14. The first-order valence-electron chi connectivity index (χ1n) is 12.1. The molecule has 8 nitrogen and oxygen atoms in total. The number of benzene rings is 2. The van der Waals surface area contributed by atoms with Crippen molar-refractivity contribution in [2.75, 3.05) is 57.0 Å². The molecule has 2 heterocycles. The second-order valence-corrected chi connectivity index (χ2v) is 11.2. The number of piperazine rings is 1. The van der Waals surface area contributed by atoms with Crippen LogP contribution in [0, 0.1) is 0 Å². The molecule has 1 fully saturated rings. The molecule has 1 atom stereocenters. The molecule has 2 aliphatic rings. The van der Waals surface area contributed by atoms with Crippen molar-refractivity contribution in [1.29, 1.82) is 0 Å². The van der Waals surface area contributed by atoms with E-state index in [0.717, 1.165) is 12.3 Å². The summed E-state index contributed by atoms with van der Waals surface area (Å²) < 4.78 is 0. The highest BCUT2D eigenvalue weighted by atomic mass is 32.2. The molecule has 196 valence electrons. The molecule has 4 rings (SSSR count). The molecule has 1 saturated heterocycles. The normalized spacial score (nSPS) is 16.4. The maximum atomic E-state index is 9.72. The van der Waals surface area contributed by atoms with Crippen molar-refractivity contribution in [3.8, 4) is 0 Å². The SMILES string of the molecule is CCSc1ccc2c(c1)N(CCCN1CCN(C)CC1)c1ccccc1S2.O=C(O)CC(O)C(=O)O. The Bertz CT molecular complexity index is 1030. The molecular formula is C26H35N3O5S2. The number of hydrogen-bond donors (Lipinski definition) is 3. The van der Waals surface area contributed by atoms with Gasteiger partial charge in [0.2, 0.25) is 0 Å². The molecule has 0 aromatic heterocycles. The van der Waals surface area contributed by atoms with Gasteiger partial charge in [-0.15, -0.1) is 11.8 Å². The predicted octanol–water partition coefficient (Wildman–Crippen LogP) is 3.95. The van der Waals surface area contributed by atoms with Crippen LogP contribution in [0.5, 0.6) is 0 Å². The minimum atomic E-state index is -1.79. The topological polar surface area (TPSA) is 105 Å². The van der Waals surface area contributed by atoms with Crippen LogP contribution in [0.15, 0.2) is 57.2 Å². The zero-order valence-electron chi connectivity index (χ0n) is 20.8. The van der Waals surface area contributed by atoms with E-state index in [9.17, 15) is 9.59 Å². The number of carboxylic acids is 2. The van der Waals surface area contributed by atoms with Gasteiger partial charge in [-0.1, -0.05) is 30.8 Å². The molecule has 3 N–H and O–H groups in total. The van der Waals surface area contributed by atoms with Gasteiger partial charge in [0.15, 0.2) is 6.10 Å². The number of anilines is 2. The summed E-state index contributed by atoms with van der Waals surface area (Å²) in [6.45, 7) is 9.30. The number of hydrogen-bond acceptors (Lipinski definition) is 8. The second-order valence-electron chi connectivity index (χ2n) is 8.73. The average molecular weight is 534 g/mol. The van der Waals surface area contributed by atoms with E-state index < -0.39 is 24.5 Å². The van der Waals surface area contributed by atoms with Crippen LogP contribution < -0.4 is 4.90 Å². The molecule has 0 aliphatic carbocycles. The first-order valence-corrected chi connectivity index (χ1v) is 13.9. The lowest BCUT2D eigenvalue weighted by atomic mass is 10.2. The monoisotopic (exact) mass is 533 g/mol. The summed E-state index contributed by atoms with van der Waals surface area (Å²) in [5, 5.41) is 24.1. The van der Waals surface area contributed by atoms with Gasteiger partial charge in [-0.05, 0) is 56.1 Å². The van der Waals surface area contributed by atoms with Crippen LogP contribution in [0.4, 0.5) is 11.4 Å². The van der Waals surface area contributed by atoms with E-state index in [1.807, 2.05) is 23.5 Å². The lowest BCUT2D eigenvalue weighted by Gasteiger charge is -2.35. The summed E-state index contributed by atoms with van der Waals surface area (Å²) in [5.74, 6) is -1.73. The molecule has 10 heteroatoms. The summed E-state index contributed by atoms with van der Waals surface area (Å²) in [7, 11) is 2.22. The van der Waals surface area contributed by atoms with Crippen molar-refractivity contribution in [2.24, 2.45) is 0 Å². The van der Waals surface area contributed by atoms with Crippen molar-refractivity contribution in [2.45, 2.75) is 40.6 Å².